The van der Waals surface area contributed by atoms with Crippen LogP contribution in [0.25, 0.3) is 0 Å². The molecule has 1 aromatic heterocycles. The minimum atomic E-state index is -5.06. The van der Waals surface area contributed by atoms with Crippen LogP contribution >= 0.6 is 0 Å². The largest absolute Gasteiger partial charge is 0.513 e. The summed E-state index contributed by atoms with van der Waals surface area (Å²) in [5.41, 5.74) is 0.0170. The van der Waals surface area contributed by atoms with Gasteiger partial charge < -0.3 is 17.7 Å². The van der Waals surface area contributed by atoms with Gasteiger partial charge in [0, 0.05) is 18.8 Å². The second-order valence-electron chi connectivity index (χ2n) is 3.92. The molecule has 2 aromatic rings. The third-order valence-corrected chi connectivity index (χ3v) is 2.42. The molecule has 1 heterocycles. The van der Waals surface area contributed by atoms with E-state index in [1.54, 1.807) is 24.1 Å². The van der Waals surface area contributed by atoms with Gasteiger partial charge in [0.1, 0.15) is 6.61 Å². The number of rotatable bonds is 4. The summed E-state index contributed by atoms with van der Waals surface area (Å²) in [6.07, 6.45) is 3.25. The molecule has 0 amide bonds. The van der Waals surface area contributed by atoms with E-state index in [2.05, 4.69) is 5.10 Å². The van der Waals surface area contributed by atoms with E-state index in [-0.39, 0.29) is 12.4 Å². The van der Waals surface area contributed by atoms with E-state index in [1.165, 1.54) is 18.2 Å². The van der Waals surface area contributed by atoms with Crippen molar-refractivity contribution in [2.75, 3.05) is 0 Å². The van der Waals surface area contributed by atoms with Gasteiger partial charge in [-0.25, -0.2) is 0 Å². The Morgan fingerprint density at radius 1 is 1.28 bits per heavy atom. The van der Waals surface area contributed by atoms with Crippen molar-refractivity contribution in [3.63, 3.8) is 0 Å². The number of aryl methyl sites for hydroxylation is 1. The first-order chi connectivity index (χ1) is 8.47. The van der Waals surface area contributed by atoms with Crippen LogP contribution in [0.15, 0.2) is 36.7 Å². The quantitative estimate of drug-likeness (QED) is 0.782. The van der Waals surface area contributed by atoms with E-state index in [0.29, 0.717) is 0 Å². The summed E-state index contributed by atoms with van der Waals surface area (Å²) in [4.78, 5) is 0. The molecule has 0 saturated heterocycles. The molecule has 0 bridgehead atoms. The monoisotopic (exact) mass is 255 g/mol. The molecule has 96 valence electrons. The molecule has 0 radical (unpaired) electrons. The molecule has 2 rings (SSSR count). The molecule has 0 aliphatic carbocycles. The molecule has 0 saturated carbocycles. The molecule has 0 unspecified atom stereocenters. The van der Waals surface area contributed by atoms with Crippen LogP contribution in [0.3, 0.4) is 0 Å². The predicted octanol–water partition coefficient (Wildman–Crippen LogP) is 2.05. The van der Waals surface area contributed by atoms with E-state index in [4.69, 9.17) is 4.74 Å². The maximum absolute atomic E-state index is 12.7. The van der Waals surface area contributed by atoms with Crippen LogP contribution in [0.4, 0.5) is 12.9 Å². The third-order valence-electron chi connectivity index (χ3n) is 2.42. The Labute approximate surface area is 102 Å². The minimum Gasteiger partial charge on any atom is -0.492 e. The highest BCUT2D eigenvalue weighted by molar-refractivity contribution is 6.74. The van der Waals surface area contributed by atoms with E-state index in [1.807, 2.05) is 0 Å². The van der Waals surface area contributed by atoms with Crippen LogP contribution in [0.2, 0.25) is 0 Å². The molecule has 1 aromatic carbocycles. The lowest BCUT2D eigenvalue weighted by atomic mass is 9.79. The summed E-state index contributed by atoms with van der Waals surface area (Å²) in [5.74, 6) is -0.145. The van der Waals surface area contributed by atoms with Crippen molar-refractivity contribution in [2.24, 2.45) is 7.05 Å². The third kappa shape index (κ3) is 2.85. The Hall–Kier alpha value is -1.92. The Morgan fingerprint density at radius 2 is 2.00 bits per heavy atom. The van der Waals surface area contributed by atoms with Crippen LogP contribution in [0.1, 0.15) is 5.56 Å². The number of halogens is 3. The maximum atomic E-state index is 12.7. The first kappa shape index (κ1) is 12.5. The number of benzene rings is 1. The van der Waals surface area contributed by atoms with Crippen LogP contribution in [0, 0.1) is 0 Å². The van der Waals surface area contributed by atoms with Gasteiger partial charge in [0.15, 0.2) is 0 Å². The van der Waals surface area contributed by atoms with Gasteiger partial charge in [0.2, 0.25) is 0 Å². The van der Waals surface area contributed by atoms with Gasteiger partial charge in [-0.2, -0.15) is 5.10 Å². The number of para-hydroxylation sites is 1. The lowest BCUT2D eigenvalue weighted by Crippen LogP contribution is -2.35. The summed E-state index contributed by atoms with van der Waals surface area (Å²) < 4.78 is 45.0. The second-order valence-corrected chi connectivity index (χ2v) is 3.92. The van der Waals surface area contributed by atoms with Gasteiger partial charge in [0.05, 0.1) is 11.9 Å². The van der Waals surface area contributed by atoms with Crippen molar-refractivity contribution in [3.8, 4) is 5.75 Å². The zero-order valence-corrected chi connectivity index (χ0v) is 9.69. The van der Waals surface area contributed by atoms with E-state index in [0.717, 1.165) is 11.6 Å². The van der Waals surface area contributed by atoms with Crippen LogP contribution in [0.5, 0.6) is 5.75 Å². The molecule has 18 heavy (non-hydrogen) atoms. The van der Waals surface area contributed by atoms with Crippen molar-refractivity contribution in [2.45, 2.75) is 6.61 Å². The standard InChI is InChI=1S/C11H11BF3N2O/c1-17-7-9(6-16-17)8-18-11-5-3-2-4-10(11)12(13,14)15/h2-7H,8H2,1H3/q-1. The molecular weight excluding hydrogens is 244 g/mol. The van der Waals surface area contributed by atoms with E-state index >= 15 is 0 Å². The van der Waals surface area contributed by atoms with Crippen LogP contribution in [-0.2, 0) is 13.7 Å². The lowest BCUT2D eigenvalue weighted by molar-refractivity contribution is 0.307. The minimum absolute atomic E-state index is 0.0665. The van der Waals surface area contributed by atoms with Crippen LogP contribution < -0.4 is 10.2 Å². The number of aromatic nitrogens is 2. The Kier molecular flexibility index (Phi) is 3.31. The molecule has 0 N–H and O–H groups in total. The zero-order valence-electron chi connectivity index (χ0n) is 9.69. The normalized spacial score (nSPS) is 11.6. The van der Waals surface area contributed by atoms with Gasteiger partial charge in [-0.3, -0.25) is 4.68 Å². The van der Waals surface area contributed by atoms with Crippen molar-refractivity contribution >= 4 is 12.4 Å². The van der Waals surface area contributed by atoms with Crippen molar-refractivity contribution in [1.82, 2.24) is 9.78 Å². The first-order valence-electron chi connectivity index (χ1n) is 5.36. The summed E-state index contributed by atoms with van der Waals surface area (Å²) in [7, 11) is 1.73. The molecule has 0 aliphatic rings. The number of hydrogen-bond donors (Lipinski definition) is 0. The SMILES string of the molecule is Cn1cc(COc2ccccc2[B-](F)(F)F)cn1. The van der Waals surface area contributed by atoms with E-state index in [9.17, 15) is 12.9 Å². The fourth-order valence-electron chi connectivity index (χ4n) is 1.59. The maximum Gasteiger partial charge on any atom is 0.513 e. The lowest BCUT2D eigenvalue weighted by Gasteiger charge is -2.19. The Morgan fingerprint density at radius 3 is 2.61 bits per heavy atom. The summed E-state index contributed by atoms with van der Waals surface area (Å²) >= 11 is 0. The number of ether oxygens (including phenoxy) is 1. The molecule has 0 spiro atoms. The highest BCUT2D eigenvalue weighted by Crippen LogP contribution is 2.18. The predicted molar refractivity (Wildman–Crippen MR) is 62.7 cm³/mol. The molecular formula is C11H11BF3N2O-. The fraction of sp³-hybridized carbons (Fsp3) is 0.182. The smallest absolute Gasteiger partial charge is 0.492 e. The Bertz CT molecular complexity index is 539. The summed E-state index contributed by atoms with van der Waals surface area (Å²) in [6.45, 7) is -5.00. The summed E-state index contributed by atoms with van der Waals surface area (Å²) in [6, 6.07) is 5.21. The first-order valence-corrected chi connectivity index (χ1v) is 5.36. The van der Waals surface area contributed by atoms with Gasteiger partial charge in [-0.1, -0.05) is 23.7 Å². The molecule has 0 atom stereocenters. The van der Waals surface area contributed by atoms with Gasteiger partial charge in [0.25, 0.3) is 0 Å². The molecule has 3 nitrogen and oxygen atoms in total. The van der Waals surface area contributed by atoms with Gasteiger partial charge in [-0.15, -0.1) is 0 Å². The van der Waals surface area contributed by atoms with Crippen molar-refractivity contribution in [1.29, 1.82) is 0 Å². The molecule has 0 aliphatic heterocycles. The topological polar surface area (TPSA) is 27.1 Å². The number of hydrogen-bond acceptors (Lipinski definition) is 2. The summed E-state index contributed by atoms with van der Waals surface area (Å²) in [5, 5.41) is 3.92. The fourth-order valence-corrected chi connectivity index (χ4v) is 1.59. The van der Waals surface area contributed by atoms with Crippen molar-refractivity contribution < 1.29 is 17.7 Å². The average Bonchev–Trinajstić information content (AvgIpc) is 2.72. The number of nitrogens with zero attached hydrogens (tertiary/aromatic N) is 2. The van der Waals surface area contributed by atoms with Gasteiger partial charge in [-0.05, 0) is 6.07 Å². The van der Waals surface area contributed by atoms with Crippen molar-refractivity contribution in [3.05, 3.63) is 42.2 Å². The van der Waals surface area contributed by atoms with E-state index < -0.39 is 12.4 Å². The molecule has 0 fully saturated rings. The second kappa shape index (κ2) is 4.76. The highest BCUT2D eigenvalue weighted by atomic mass is 19.4. The zero-order chi connectivity index (χ0) is 13.2. The Balaban J connectivity index is 2.14. The van der Waals surface area contributed by atoms with Crippen LogP contribution in [-0.4, -0.2) is 16.8 Å². The van der Waals surface area contributed by atoms with Gasteiger partial charge >= 0.3 is 6.98 Å². The highest BCUT2D eigenvalue weighted by Gasteiger charge is 2.28. The average molecular weight is 255 g/mol. The molecule has 7 heteroatoms.